The molecule has 1 aromatic rings. The Bertz CT molecular complexity index is 503. The van der Waals surface area contributed by atoms with Gasteiger partial charge in [0.15, 0.2) is 11.6 Å². The molecule has 21 heavy (non-hydrogen) atoms. The second-order valence-electron chi connectivity index (χ2n) is 5.24. The molecule has 6 heteroatoms. The van der Waals surface area contributed by atoms with Crippen LogP contribution in [0.3, 0.4) is 0 Å². The van der Waals surface area contributed by atoms with Crippen molar-refractivity contribution in [3.8, 4) is 0 Å². The summed E-state index contributed by atoms with van der Waals surface area (Å²) in [6.45, 7) is 0.716. The van der Waals surface area contributed by atoms with Crippen LogP contribution in [-0.4, -0.2) is 25.2 Å². The van der Waals surface area contributed by atoms with Gasteiger partial charge < -0.3 is 15.8 Å². The van der Waals surface area contributed by atoms with E-state index >= 15 is 0 Å². The van der Waals surface area contributed by atoms with Gasteiger partial charge in [-0.3, -0.25) is 4.79 Å². The van der Waals surface area contributed by atoms with Gasteiger partial charge in [-0.1, -0.05) is 19.3 Å². The van der Waals surface area contributed by atoms with Crippen LogP contribution in [0, 0.1) is 11.6 Å². The fraction of sp³-hybridized carbons (Fsp3) is 0.533. The quantitative estimate of drug-likeness (QED) is 0.649. The highest BCUT2D eigenvalue weighted by Crippen LogP contribution is 2.20. The summed E-state index contributed by atoms with van der Waals surface area (Å²) in [6, 6.07) is 1.62. The van der Waals surface area contributed by atoms with E-state index in [4.69, 9.17) is 10.5 Å². The minimum atomic E-state index is -1.09. The summed E-state index contributed by atoms with van der Waals surface area (Å²) >= 11 is 0. The third kappa shape index (κ3) is 4.39. The highest BCUT2D eigenvalue weighted by atomic mass is 19.2. The molecule has 116 valence electrons. The number of anilines is 1. The molecule has 4 nitrogen and oxygen atoms in total. The van der Waals surface area contributed by atoms with Crippen molar-refractivity contribution >= 4 is 11.6 Å². The van der Waals surface area contributed by atoms with E-state index in [0.29, 0.717) is 13.2 Å². The fourth-order valence-corrected chi connectivity index (χ4v) is 2.48. The molecular formula is C15H20F2N2O2. The van der Waals surface area contributed by atoms with Crippen LogP contribution in [0.4, 0.5) is 14.5 Å². The monoisotopic (exact) mass is 298 g/mol. The number of nitrogen functional groups attached to an aromatic ring is 1. The predicted molar refractivity (Wildman–Crippen MR) is 75.9 cm³/mol. The third-order valence-corrected chi connectivity index (χ3v) is 3.63. The molecule has 0 spiro atoms. The number of nitrogens with one attached hydrogen (secondary N) is 1. The number of amides is 1. The first-order valence-corrected chi connectivity index (χ1v) is 7.22. The van der Waals surface area contributed by atoms with Gasteiger partial charge in [0.05, 0.1) is 18.3 Å². The lowest BCUT2D eigenvalue weighted by Gasteiger charge is -2.22. The first-order valence-electron chi connectivity index (χ1n) is 7.22. The number of nitrogens with two attached hydrogens (primary N) is 1. The first-order chi connectivity index (χ1) is 10.1. The molecule has 0 atom stereocenters. The van der Waals surface area contributed by atoms with E-state index in [1.807, 2.05) is 0 Å². The fourth-order valence-electron chi connectivity index (χ4n) is 2.48. The van der Waals surface area contributed by atoms with Crippen molar-refractivity contribution in [2.45, 2.75) is 38.2 Å². The predicted octanol–water partition coefficient (Wildman–Crippen LogP) is 2.63. The second-order valence-corrected chi connectivity index (χ2v) is 5.24. The van der Waals surface area contributed by atoms with E-state index in [9.17, 15) is 13.6 Å². The maximum atomic E-state index is 13.1. The van der Waals surface area contributed by atoms with Crippen molar-refractivity contribution in [3.63, 3.8) is 0 Å². The van der Waals surface area contributed by atoms with E-state index < -0.39 is 17.5 Å². The van der Waals surface area contributed by atoms with Crippen LogP contribution in [0.1, 0.15) is 42.5 Å². The average molecular weight is 298 g/mol. The minimum Gasteiger partial charge on any atom is -0.398 e. The van der Waals surface area contributed by atoms with Crippen molar-refractivity contribution in [3.05, 3.63) is 29.3 Å². The summed E-state index contributed by atoms with van der Waals surface area (Å²) in [5.74, 6) is -2.68. The summed E-state index contributed by atoms with van der Waals surface area (Å²) in [4.78, 5) is 11.8. The van der Waals surface area contributed by atoms with Gasteiger partial charge in [-0.05, 0) is 18.9 Å². The van der Waals surface area contributed by atoms with Gasteiger partial charge in [-0.15, -0.1) is 0 Å². The third-order valence-electron chi connectivity index (χ3n) is 3.63. The maximum absolute atomic E-state index is 13.1. The van der Waals surface area contributed by atoms with E-state index in [1.54, 1.807) is 0 Å². The van der Waals surface area contributed by atoms with E-state index in [-0.39, 0.29) is 17.4 Å². The van der Waals surface area contributed by atoms with Gasteiger partial charge in [-0.2, -0.15) is 0 Å². The minimum absolute atomic E-state index is 0.0634. The Labute approximate surface area is 122 Å². The Hall–Kier alpha value is -1.69. The highest BCUT2D eigenvalue weighted by Gasteiger charge is 2.15. The lowest BCUT2D eigenvalue weighted by atomic mass is 9.98. The Morgan fingerprint density at radius 3 is 2.62 bits per heavy atom. The first kappa shape index (κ1) is 15.7. The van der Waals surface area contributed by atoms with Gasteiger partial charge in [-0.25, -0.2) is 8.78 Å². The number of carbonyl (C=O) groups excluding carboxylic acids is 1. The zero-order valence-corrected chi connectivity index (χ0v) is 11.8. The van der Waals surface area contributed by atoms with Crippen LogP contribution in [0.15, 0.2) is 12.1 Å². The standard InChI is InChI=1S/C15H20F2N2O2/c16-12-8-11(14(18)9-13(12)17)15(20)19-6-7-21-10-4-2-1-3-5-10/h8-10H,1-7,18H2,(H,19,20). The Kier molecular flexibility index (Phi) is 5.50. The van der Waals surface area contributed by atoms with Crippen molar-refractivity contribution < 1.29 is 18.3 Å². The molecule has 0 unspecified atom stereocenters. The largest absolute Gasteiger partial charge is 0.398 e. The lowest BCUT2D eigenvalue weighted by molar-refractivity contribution is 0.0299. The van der Waals surface area contributed by atoms with Crippen molar-refractivity contribution in [1.82, 2.24) is 5.32 Å². The van der Waals surface area contributed by atoms with E-state index in [2.05, 4.69) is 5.32 Å². The van der Waals surface area contributed by atoms with Crippen LogP contribution in [0.25, 0.3) is 0 Å². The summed E-state index contributed by atoms with van der Waals surface area (Å²) < 4.78 is 31.7. The molecule has 0 saturated heterocycles. The van der Waals surface area contributed by atoms with Gasteiger partial charge in [0.25, 0.3) is 5.91 Å². The molecule has 3 N–H and O–H groups in total. The lowest BCUT2D eigenvalue weighted by Crippen LogP contribution is -2.30. The van der Waals surface area contributed by atoms with Gasteiger partial charge in [0.1, 0.15) is 0 Å². The summed E-state index contributed by atoms with van der Waals surface area (Å²) in [5, 5.41) is 2.59. The smallest absolute Gasteiger partial charge is 0.253 e. The van der Waals surface area contributed by atoms with Gasteiger partial charge >= 0.3 is 0 Å². The van der Waals surface area contributed by atoms with Crippen LogP contribution in [0.2, 0.25) is 0 Å². The second kappa shape index (κ2) is 7.36. The Morgan fingerprint density at radius 2 is 1.90 bits per heavy atom. The number of hydrogen-bond acceptors (Lipinski definition) is 3. The van der Waals surface area contributed by atoms with Crippen LogP contribution < -0.4 is 11.1 Å². The summed E-state index contributed by atoms with van der Waals surface area (Å²) in [6.07, 6.45) is 6.01. The SMILES string of the molecule is Nc1cc(F)c(F)cc1C(=O)NCCOC1CCCCC1. The molecule has 0 radical (unpaired) electrons. The number of carbonyl (C=O) groups is 1. The van der Waals surface area contributed by atoms with Crippen molar-refractivity contribution in [2.75, 3.05) is 18.9 Å². The molecule has 1 aliphatic rings. The molecule has 1 amide bonds. The Balaban J connectivity index is 1.78. The molecule has 0 aromatic heterocycles. The van der Waals surface area contributed by atoms with E-state index in [1.165, 1.54) is 19.3 Å². The van der Waals surface area contributed by atoms with Crippen LogP contribution >= 0.6 is 0 Å². The van der Waals surface area contributed by atoms with Gasteiger partial charge in [0, 0.05) is 18.3 Å². The Morgan fingerprint density at radius 1 is 1.24 bits per heavy atom. The number of hydrogen-bond donors (Lipinski definition) is 2. The summed E-state index contributed by atoms with van der Waals surface area (Å²) in [7, 11) is 0. The van der Waals surface area contributed by atoms with Crippen molar-refractivity contribution in [1.29, 1.82) is 0 Å². The highest BCUT2D eigenvalue weighted by molar-refractivity contribution is 5.99. The molecule has 0 aliphatic heterocycles. The number of rotatable bonds is 5. The topological polar surface area (TPSA) is 64.4 Å². The zero-order valence-electron chi connectivity index (χ0n) is 11.8. The normalized spacial score (nSPS) is 15.9. The van der Waals surface area contributed by atoms with E-state index in [0.717, 1.165) is 25.0 Å². The molecule has 0 bridgehead atoms. The molecule has 1 fully saturated rings. The van der Waals surface area contributed by atoms with Gasteiger partial charge in [0.2, 0.25) is 0 Å². The molecule has 1 aliphatic carbocycles. The maximum Gasteiger partial charge on any atom is 0.253 e. The average Bonchev–Trinajstić information content (AvgIpc) is 2.48. The molecule has 0 heterocycles. The van der Waals surface area contributed by atoms with Crippen molar-refractivity contribution in [2.24, 2.45) is 0 Å². The zero-order chi connectivity index (χ0) is 15.2. The van der Waals surface area contributed by atoms with Crippen LogP contribution in [-0.2, 0) is 4.74 Å². The molecule has 1 aromatic carbocycles. The molecular weight excluding hydrogens is 278 g/mol. The number of halogens is 2. The number of benzene rings is 1. The number of ether oxygens (including phenoxy) is 1. The molecule has 2 rings (SSSR count). The molecule has 1 saturated carbocycles. The summed E-state index contributed by atoms with van der Waals surface area (Å²) in [5.41, 5.74) is 5.37. The van der Waals surface area contributed by atoms with Crippen LogP contribution in [0.5, 0.6) is 0 Å².